The Kier molecular flexibility index (Phi) is 4.98. The topological polar surface area (TPSA) is 64.5 Å². The van der Waals surface area contributed by atoms with Crippen LogP contribution in [0.5, 0.6) is 5.88 Å². The smallest absolute Gasteiger partial charge is 0.410 e. The summed E-state index contributed by atoms with van der Waals surface area (Å²) in [6.07, 6.45) is 5.69. The molecule has 150 valence electrons. The molecule has 1 aromatic heterocycles. The fraction of sp³-hybridized carbons (Fsp3) is 0.571. The van der Waals surface area contributed by atoms with E-state index in [-0.39, 0.29) is 17.6 Å². The van der Waals surface area contributed by atoms with Crippen molar-refractivity contribution in [2.45, 2.75) is 58.2 Å². The Hall–Kier alpha value is -1.89. The van der Waals surface area contributed by atoms with Gasteiger partial charge in [0.05, 0.1) is 17.2 Å². The summed E-state index contributed by atoms with van der Waals surface area (Å²) in [7, 11) is 0. The minimum absolute atomic E-state index is 0.173. The molecule has 0 bridgehead atoms. The third-order valence-corrected chi connectivity index (χ3v) is 6.06. The van der Waals surface area contributed by atoms with Crippen LogP contribution in [0.25, 0.3) is 11.0 Å². The Labute approximate surface area is 173 Å². The Balaban J connectivity index is 1.30. The number of aromatic nitrogens is 2. The molecule has 6 nitrogen and oxygen atoms in total. The largest absolute Gasteiger partial charge is 0.473 e. The van der Waals surface area contributed by atoms with Gasteiger partial charge in [0.1, 0.15) is 11.7 Å². The van der Waals surface area contributed by atoms with E-state index < -0.39 is 5.60 Å². The van der Waals surface area contributed by atoms with Crippen LogP contribution in [0.3, 0.4) is 0 Å². The summed E-state index contributed by atoms with van der Waals surface area (Å²) in [5, 5.41) is 0. The molecule has 1 saturated carbocycles. The van der Waals surface area contributed by atoms with E-state index in [1.807, 2.05) is 43.9 Å². The number of likely N-dealkylation sites (tertiary alicyclic amines) is 1. The van der Waals surface area contributed by atoms with Gasteiger partial charge in [-0.2, -0.15) is 0 Å². The van der Waals surface area contributed by atoms with Crippen LogP contribution in [0.4, 0.5) is 4.79 Å². The average Bonchev–Trinajstić information content (AvgIpc) is 2.59. The number of rotatable bonds is 2. The minimum Gasteiger partial charge on any atom is -0.473 e. The number of hydrogen-bond donors (Lipinski definition) is 0. The van der Waals surface area contributed by atoms with E-state index in [1.54, 1.807) is 6.20 Å². The van der Waals surface area contributed by atoms with Crippen molar-refractivity contribution in [3.05, 3.63) is 28.9 Å². The molecule has 4 rings (SSSR count). The second kappa shape index (κ2) is 7.17. The maximum Gasteiger partial charge on any atom is 0.410 e. The molecule has 0 N–H and O–H groups in total. The molecule has 1 aliphatic carbocycles. The number of fused-ring (bicyclic) bond motifs is 1. The van der Waals surface area contributed by atoms with Crippen molar-refractivity contribution >= 4 is 33.1 Å². The first-order valence-corrected chi connectivity index (χ1v) is 10.6. The number of piperidine rings is 1. The van der Waals surface area contributed by atoms with Crippen molar-refractivity contribution in [3.8, 4) is 5.88 Å². The van der Waals surface area contributed by atoms with Gasteiger partial charge in [-0.25, -0.2) is 14.8 Å². The average molecular weight is 448 g/mol. The maximum absolute atomic E-state index is 12.2. The summed E-state index contributed by atoms with van der Waals surface area (Å²) in [5.41, 5.74) is 1.52. The van der Waals surface area contributed by atoms with Crippen LogP contribution >= 0.6 is 15.9 Å². The van der Waals surface area contributed by atoms with Crippen LogP contribution in [-0.2, 0) is 4.74 Å². The molecule has 7 heteroatoms. The van der Waals surface area contributed by atoms with Crippen molar-refractivity contribution in [1.29, 1.82) is 0 Å². The summed E-state index contributed by atoms with van der Waals surface area (Å²) in [4.78, 5) is 23.1. The van der Waals surface area contributed by atoms with E-state index in [1.165, 1.54) is 0 Å². The van der Waals surface area contributed by atoms with Gasteiger partial charge in [0.2, 0.25) is 5.88 Å². The van der Waals surface area contributed by atoms with Crippen molar-refractivity contribution < 1.29 is 14.3 Å². The number of hydrogen-bond acceptors (Lipinski definition) is 5. The van der Waals surface area contributed by atoms with E-state index in [0.29, 0.717) is 5.88 Å². The minimum atomic E-state index is -0.446. The lowest BCUT2D eigenvalue weighted by Gasteiger charge is -2.51. The molecule has 1 saturated heterocycles. The maximum atomic E-state index is 12.2. The molecule has 1 spiro atoms. The highest BCUT2D eigenvalue weighted by atomic mass is 79.9. The van der Waals surface area contributed by atoms with Crippen LogP contribution in [-0.4, -0.2) is 45.8 Å². The molecular weight excluding hydrogens is 422 g/mol. The standard InChI is InChI=1S/C21H26BrN3O3/c1-20(2,3)28-19(26)25-8-6-21(7-9-25)11-15(12-21)27-18-13-23-16-5-4-14(22)10-17(16)24-18/h4-5,10,13,15H,6-9,11-12H2,1-3H3. The Morgan fingerprint density at radius 3 is 2.61 bits per heavy atom. The number of carbonyl (C=O) groups excluding carboxylic acids is 1. The molecule has 2 aromatic rings. The quantitative estimate of drug-likeness (QED) is 0.651. The molecule has 2 heterocycles. The number of carbonyl (C=O) groups is 1. The molecule has 1 amide bonds. The van der Waals surface area contributed by atoms with E-state index in [4.69, 9.17) is 9.47 Å². The van der Waals surface area contributed by atoms with Crippen LogP contribution in [0.2, 0.25) is 0 Å². The zero-order valence-corrected chi connectivity index (χ0v) is 18.2. The first-order chi connectivity index (χ1) is 13.2. The van der Waals surface area contributed by atoms with Gasteiger partial charge in [-0.05, 0) is 70.1 Å². The van der Waals surface area contributed by atoms with Gasteiger partial charge in [0, 0.05) is 17.6 Å². The van der Waals surface area contributed by atoms with E-state index >= 15 is 0 Å². The highest BCUT2D eigenvalue weighted by Gasteiger charge is 2.48. The van der Waals surface area contributed by atoms with Crippen molar-refractivity contribution in [2.24, 2.45) is 5.41 Å². The number of ether oxygens (including phenoxy) is 2. The van der Waals surface area contributed by atoms with Crippen molar-refractivity contribution in [2.75, 3.05) is 13.1 Å². The van der Waals surface area contributed by atoms with Crippen molar-refractivity contribution in [1.82, 2.24) is 14.9 Å². The highest BCUT2D eigenvalue weighted by molar-refractivity contribution is 9.10. The first-order valence-electron chi connectivity index (χ1n) is 9.78. The fourth-order valence-electron chi connectivity index (χ4n) is 4.08. The van der Waals surface area contributed by atoms with E-state index in [2.05, 4.69) is 25.9 Å². The second-order valence-electron chi connectivity index (χ2n) is 8.96. The third-order valence-electron chi connectivity index (χ3n) is 5.57. The molecule has 1 aromatic carbocycles. The summed E-state index contributed by atoms with van der Waals surface area (Å²) >= 11 is 3.47. The predicted molar refractivity (Wildman–Crippen MR) is 110 cm³/mol. The number of halogens is 1. The van der Waals surface area contributed by atoms with E-state index in [9.17, 15) is 4.79 Å². The third kappa shape index (κ3) is 4.24. The van der Waals surface area contributed by atoms with Gasteiger partial charge in [0.25, 0.3) is 0 Å². The summed E-state index contributed by atoms with van der Waals surface area (Å²) < 4.78 is 12.5. The Bertz CT molecular complexity index is 880. The summed E-state index contributed by atoms with van der Waals surface area (Å²) in [6, 6.07) is 5.84. The van der Waals surface area contributed by atoms with Gasteiger partial charge in [-0.15, -0.1) is 0 Å². The Morgan fingerprint density at radius 1 is 1.21 bits per heavy atom. The monoisotopic (exact) mass is 447 g/mol. The summed E-state index contributed by atoms with van der Waals surface area (Å²) in [5.74, 6) is 0.580. The lowest BCUT2D eigenvalue weighted by molar-refractivity contribution is -0.0596. The lowest BCUT2D eigenvalue weighted by Crippen LogP contribution is -2.52. The van der Waals surface area contributed by atoms with Gasteiger partial charge in [-0.3, -0.25) is 0 Å². The molecule has 2 aliphatic rings. The molecule has 1 aliphatic heterocycles. The van der Waals surface area contributed by atoms with Crippen molar-refractivity contribution in [3.63, 3.8) is 0 Å². The molecule has 0 radical (unpaired) electrons. The van der Waals surface area contributed by atoms with Gasteiger partial charge in [0.15, 0.2) is 0 Å². The first kappa shape index (κ1) is 19.4. The number of benzene rings is 1. The lowest BCUT2D eigenvalue weighted by atomic mass is 9.61. The Morgan fingerprint density at radius 2 is 1.93 bits per heavy atom. The number of nitrogens with zero attached hydrogens (tertiary/aromatic N) is 3. The fourth-order valence-corrected chi connectivity index (χ4v) is 4.43. The zero-order valence-electron chi connectivity index (χ0n) is 16.6. The summed E-state index contributed by atoms with van der Waals surface area (Å²) in [6.45, 7) is 7.21. The molecular formula is C21H26BrN3O3. The zero-order chi connectivity index (χ0) is 19.9. The van der Waals surface area contributed by atoms with E-state index in [0.717, 1.165) is 54.3 Å². The predicted octanol–water partition coefficient (Wildman–Crippen LogP) is 4.95. The second-order valence-corrected chi connectivity index (χ2v) is 9.87. The molecule has 0 unspecified atom stereocenters. The van der Waals surface area contributed by atoms with Crippen LogP contribution < -0.4 is 4.74 Å². The normalized spacial score (nSPS) is 19.5. The molecule has 0 atom stereocenters. The van der Waals surface area contributed by atoms with Crippen LogP contribution in [0.1, 0.15) is 46.5 Å². The SMILES string of the molecule is CC(C)(C)OC(=O)N1CCC2(CC1)CC(Oc1cnc3ccc(Br)cc3n1)C2. The van der Waals surface area contributed by atoms with Crippen LogP contribution in [0, 0.1) is 5.41 Å². The van der Waals surface area contributed by atoms with Gasteiger partial charge < -0.3 is 14.4 Å². The van der Waals surface area contributed by atoms with Crippen LogP contribution in [0.15, 0.2) is 28.9 Å². The molecule has 2 fully saturated rings. The van der Waals surface area contributed by atoms with Gasteiger partial charge in [-0.1, -0.05) is 15.9 Å². The highest BCUT2D eigenvalue weighted by Crippen LogP contribution is 2.50. The number of amides is 1. The molecule has 28 heavy (non-hydrogen) atoms. The van der Waals surface area contributed by atoms with Gasteiger partial charge >= 0.3 is 6.09 Å².